The Morgan fingerprint density at radius 2 is 1.42 bits per heavy atom. The van der Waals surface area contributed by atoms with E-state index in [1.54, 1.807) is 0 Å². The zero-order valence-corrected chi connectivity index (χ0v) is 10.3. The maximum Gasteiger partial charge on any atom is 0.0963 e. The van der Waals surface area contributed by atoms with Gasteiger partial charge in [0.15, 0.2) is 0 Å². The average molecular weight is 244 g/mol. The summed E-state index contributed by atoms with van der Waals surface area (Å²) in [6.45, 7) is 0. The summed E-state index contributed by atoms with van der Waals surface area (Å²) in [5.41, 5.74) is 4.57. The van der Waals surface area contributed by atoms with E-state index in [1.165, 1.54) is 16.6 Å². The molecule has 0 aliphatic carbocycles. The van der Waals surface area contributed by atoms with E-state index in [9.17, 15) is 0 Å². The van der Waals surface area contributed by atoms with Crippen LogP contribution in [0.5, 0.6) is 0 Å². The summed E-state index contributed by atoms with van der Waals surface area (Å²) in [5.74, 6) is 0. The molecule has 0 saturated carbocycles. The van der Waals surface area contributed by atoms with Gasteiger partial charge < -0.3 is 4.57 Å². The third kappa shape index (κ3) is 1.47. The molecule has 0 radical (unpaired) electrons. The van der Waals surface area contributed by atoms with Crippen LogP contribution in [-0.4, -0.2) is 9.55 Å². The van der Waals surface area contributed by atoms with Crippen LogP contribution < -0.4 is 0 Å². The minimum absolute atomic E-state index is 1.06. The molecule has 0 bridgehead atoms. The summed E-state index contributed by atoms with van der Waals surface area (Å²) in [5, 5.41) is 1.20. The molecule has 0 spiro atoms. The van der Waals surface area contributed by atoms with Gasteiger partial charge in [-0.1, -0.05) is 36.4 Å². The number of hydrogen-bond acceptors (Lipinski definition) is 1. The maximum absolute atomic E-state index is 4.53. The van der Waals surface area contributed by atoms with Crippen LogP contribution in [0.2, 0.25) is 0 Å². The number of nitrogens with zero attached hydrogens (tertiary/aromatic N) is 2. The molecular formula is C17H12N2. The molecule has 0 aliphatic heterocycles. The SMILES string of the molecule is c1ccc(-n2c3ccccc3c3ncccc32)cc1. The summed E-state index contributed by atoms with van der Waals surface area (Å²) >= 11 is 0. The highest BCUT2D eigenvalue weighted by atomic mass is 15.0. The van der Waals surface area contributed by atoms with E-state index < -0.39 is 0 Å². The van der Waals surface area contributed by atoms with E-state index in [4.69, 9.17) is 0 Å². The Bertz CT molecular complexity index is 807. The van der Waals surface area contributed by atoms with E-state index in [1.807, 2.05) is 18.3 Å². The van der Waals surface area contributed by atoms with E-state index in [2.05, 4.69) is 64.1 Å². The van der Waals surface area contributed by atoms with Crippen molar-refractivity contribution in [2.24, 2.45) is 0 Å². The number of hydrogen-bond donors (Lipinski definition) is 0. The molecule has 0 N–H and O–H groups in total. The molecule has 19 heavy (non-hydrogen) atoms. The normalized spacial score (nSPS) is 11.2. The van der Waals surface area contributed by atoms with E-state index in [0.29, 0.717) is 0 Å². The lowest BCUT2D eigenvalue weighted by molar-refractivity contribution is 1.18. The first kappa shape index (κ1) is 10.3. The van der Waals surface area contributed by atoms with Gasteiger partial charge in [0.2, 0.25) is 0 Å². The quantitative estimate of drug-likeness (QED) is 0.491. The van der Waals surface area contributed by atoms with Crippen LogP contribution in [0.25, 0.3) is 27.6 Å². The van der Waals surface area contributed by atoms with Crippen molar-refractivity contribution in [1.82, 2.24) is 9.55 Å². The van der Waals surface area contributed by atoms with E-state index in [0.717, 1.165) is 11.0 Å². The second kappa shape index (κ2) is 3.95. The molecule has 0 amide bonds. The monoisotopic (exact) mass is 244 g/mol. The molecule has 4 rings (SSSR count). The van der Waals surface area contributed by atoms with Crippen molar-refractivity contribution in [3.8, 4) is 5.69 Å². The second-order valence-electron chi connectivity index (χ2n) is 4.56. The number of benzene rings is 2. The lowest BCUT2D eigenvalue weighted by Crippen LogP contribution is -1.92. The van der Waals surface area contributed by atoms with Crippen molar-refractivity contribution in [2.75, 3.05) is 0 Å². The third-order valence-electron chi connectivity index (χ3n) is 3.44. The molecular weight excluding hydrogens is 232 g/mol. The molecule has 2 aromatic heterocycles. The molecule has 0 saturated heterocycles. The van der Waals surface area contributed by atoms with Crippen LogP contribution in [0.15, 0.2) is 72.9 Å². The zero-order valence-electron chi connectivity index (χ0n) is 10.3. The zero-order chi connectivity index (χ0) is 12.7. The molecule has 2 nitrogen and oxygen atoms in total. The predicted molar refractivity (Wildman–Crippen MR) is 78.6 cm³/mol. The lowest BCUT2D eigenvalue weighted by Gasteiger charge is -2.06. The van der Waals surface area contributed by atoms with Gasteiger partial charge in [0.05, 0.1) is 16.6 Å². The highest BCUT2D eigenvalue weighted by Gasteiger charge is 2.11. The van der Waals surface area contributed by atoms with Gasteiger partial charge in [-0.05, 0) is 30.3 Å². The maximum atomic E-state index is 4.53. The highest BCUT2D eigenvalue weighted by molar-refractivity contribution is 6.06. The molecule has 2 heteroatoms. The Morgan fingerprint density at radius 3 is 2.32 bits per heavy atom. The van der Waals surface area contributed by atoms with Crippen LogP contribution in [0.4, 0.5) is 0 Å². The number of fused-ring (bicyclic) bond motifs is 3. The molecule has 0 fully saturated rings. The smallest absolute Gasteiger partial charge is 0.0963 e. The summed E-state index contributed by atoms with van der Waals surface area (Å²) in [6, 6.07) is 22.9. The van der Waals surface area contributed by atoms with Crippen molar-refractivity contribution in [3.05, 3.63) is 72.9 Å². The molecule has 90 valence electrons. The van der Waals surface area contributed by atoms with Gasteiger partial charge >= 0.3 is 0 Å². The van der Waals surface area contributed by atoms with Crippen LogP contribution in [0.1, 0.15) is 0 Å². The van der Waals surface area contributed by atoms with Crippen LogP contribution >= 0.6 is 0 Å². The Kier molecular flexibility index (Phi) is 2.15. The van der Waals surface area contributed by atoms with Gasteiger partial charge in [-0.15, -0.1) is 0 Å². The van der Waals surface area contributed by atoms with Crippen LogP contribution in [0.3, 0.4) is 0 Å². The fraction of sp³-hybridized carbons (Fsp3) is 0. The van der Waals surface area contributed by atoms with Crippen molar-refractivity contribution in [3.63, 3.8) is 0 Å². The van der Waals surface area contributed by atoms with Gasteiger partial charge in [-0.2, -0.15) is 0 Å². The Balaban J connectivity index is 2.24. The first-order valence-electron chi connectivity index (χ1n) is 6.35. The minimum Gasteiger partial charge on any atom is -0.308 e. The lowest BCUT2D eigenvalue weighted by atomic mass is 10.2. The Labute approximate surface area is 110 Å². The standard InChI is InChI=1S/C17H12N2/c1-2-7-13(8-3-1)19-15-10-5-4-9-14(15)17-16(19)11-6-12-18-17/h1-12H. The number of para-hydroxylation sites is 2. The van der Waals surface area contributed by atoms with Crippen molar-refractivity contribution >= 4 is 21.9 Å². The number of pyridine rings is 1. The summed E-state index contributed by atoms with van der Waals surface area (Å²) < 4.78 is 2.26. The molecule has 0 unspecified atom stereocenters. The van der Waals surface area contributed by atoms with Crippen molar-refractivity contribution in [2.45, 2.75) is 0 Å². The first-order valence-corrected chi connectivity index (χ1v) is 6.35. The van der Waals surface area contributed by atoms with Crippen molar-refractivity contribution < 1.29 is 0 Å². The predicted octanol–water partition coefficient (Wildman–Crippen LogP) is 4.18. The molecule has 2 heterocycles. The van der Waals surface area contributed by atoms with E-state index >= 15 is 0 Å². The van der Waals surface area contributed by atoms with Gasteiger partial charge in [0.25, 0.3) is 0 Å². The van der Waals surface area contributed by atoms with Gasteiger partial charge in [0.1, 0.15) is 0 Å². The fourth-order valence-corrected chi connectivity index (χ4v) is 2.64. The largest absolute Gasteiger partial charge is 0.308 e. The van der Waals surface area contributed by atoms with Crippen LogP contribution in [0, 0.1) is 0 Å². The first-order chi connectivity index (χ1) is 9.45. The van der Waals surface area contributed by atoms with Gasteiger partial charge in [0, 0.05) is 17.3 Å². The number of rotatable bonds is 1. The minimum atomic E-state index is 1.06. The summed E-state index contributed by atoms with van der Waals surface area (Å²) in [4.78, 5) is 4.53. The summed E-state index contributed by atoms with van der Waals surface area (Å²) in [6.07, 6.45) is 1.85. The van der Waals surface area contributed by atoms with E-state index in [-0.39, 0.29) is 0 Å². The molecule has 0 aliphatic rings. The fourth-order valence-electron chi connectivity index (χ4n) is 2.64. The third-order valence-corrected chi connectivity index (χ3v) is 3.44. The average Bonchev–Trinajstić information content (AvgIpc) is 2.83. The topological polar surface area (TPSA) is 17.8 Å². The molecule has 4 aromatic rings. The Morgan fingerprint density at radius 1 is 0.684 bits per heavy atom. The van der Waals surface area contributed by atoms with Crippen molar-refractivity contribution in [1.29, 1.82) is 0 Å². The number of aromatic nitrogens is 2. The van der Waals surface area contributed by atoms with Gasteiger partial charge in [-0.25, -0.2) is 0 Å². The van der Waals surface area contributed by atoms with Crippen LogP contribution in [-0.2, 0) is 0 Å². The second-order valence-corrected chi connectivity index (χ2v) is 4.56. The highest BCUT2D eigenvalue weighted by Crippen LogP contribution is 2.29. The molecule has 0 atom stereocenters. The Hall–Kier alpha value is -2.61. The molecule has 2 aromatic carbocycles. The van der Waals surface area contributed by atoms with Gasteiger partial charge in [-0.3, -0.25) is 4.98 Å². The summed E-state index contributed by atoms with van der Waals surface area (Å²) in [7, 11) is 0.